The number of rotatable bonds is 4. The Labute approximate surface area is 147 Å². The minimum atomic E-state index is -0.427. The molecule has 2 atom stereocenters. The molecule has 1 aromatic carbocycles. The zero-order chi connectivity index (χ0) is 16.4. The number of carbonyl (C=O) groups is 1. The number of hydrogen-bond acceptors (Lipinski definition) is 5. The van der Waals surface area contributed by atoms with Gasteiger partial charge in [-0.3, -0.25) is 19.8 Å². The number of nitrogens with zero attached hydrogens (tertiary/aromatic N) is 3. The molecule has 2 heterocycles. The van der Waals surface area contributed by atoms with E-state index < -0.39 is 4.92 Å². The molecule has 0 saturated carbocycles. The van der Waals surface area contributed by atoms with Crippen LogP contribution >= 0.6 is 12.4 Å². The lowest BCUT2D eigenvalue weighted by Crippen LogP contribution is -2.51. The molecule has 2 fully saturated rings. The Balaban J connectivity index is 0.00000208. The van der Waals surface area contributed by atoms with Crippen molar-refractivity contribution >= 4 is 29.7 Å². The van der Waals surface area contributed by atoms with Crippen molar-refractivity contribution in [3.63, 3.8) is 0 Å². The van der Waals surface area contributed by atoms with Gasteiger partial charge in [-0.2, -0.15) is 0 Å². The minimum Gasteiger partial charge on any atom is -0.316 e. The van der Waals surface area contributed by atoms with Crippen molar-refractivity contribution in [1.82, 2.24) is 10.2 Å². The number of amides is 1. The summed E-state index contributed by atoms with van der Waals surface area (Å²) >= 11 is 0. The van der Waals surface area contributed by atoms with Crippen LogP contribution in [0.1, 0.15) is 19.3 Å². The number of nitro benzene ring substituents is 1. The van der Waals surface area contributed by atoms with Crippen molar-refractivity contribution < 1.29 is 9.72 Å². The zero-order valence-corrected chi connectivity index (χ0v) is 14.5. The smallest absolute Gasteiger partial charge is 0.271 e. The fraction of sp³-hybridized carbons (Fsp3) is 0.562. The van der Waals surface area contributed by atoms with E-state index in [2.05, 4.69) is 10.2 Å². The fourth-order valence-corrected chi connectivity index (χ4v) is 3.56. The molecule has 0 spiro atoms. The third-order valence-electron chi connectivity index (χ3n) is 4.83. The number of piperidine rings is 1. The summed E-state index contributed by atoms with van der Waals surface area (Å²) in [4.78, 5) is 27.2. The number of anilines is 1. The third-order valence-corrected chi connectivity index (χ3v) is 4.83. The van der Waals surface area contributed by atoms with E-state index in [0.29, 0.717) is 18.3 Å². The van der Waals surface area contributed by atoms with Crippen molar-refractivity contribution in [2.24, 2.45) is 0 Å². The van der Waals surface area contributed by atoms with Crippen LogP contribution in [-0.2, 0) is 4.79 Å². The van der Waals surface area contributed by atoms with E-state index in [1.54, 1.807) is 17.0 Å². The van der Waals surface area contributed by atoms with Gasteiger partial charge in [0.2, 0.25) is 5.91 Å². The van der Waals surface area contributed by atoms with Crippen molar-refractivity contribution in [2.45, 2.75) is 31.3 Å². The van der Waals surface area contributed by atoms with E-state index in [0.717, 1.165) is 32.4 Å². The fourth-order valence-electron chi connectivity index (χ4n) is 3.56. The van der Waals surface area contributed by atoms with Crippen molar-refractivity contribution in [2.75, 3.05) is 31.6 Å². The first-order valence-corrected chi connectivity index (χ1v) is 8.07. The Morgan fingerprint density at radius 3 is 2.79 bits per heavy atom. The highest BCUT2D eigenvalue weighted by atomic mass is 35.5. The van der Waals surface area contributed by atoms with Crippen molar-refractivity contribution in [1.29, 1.82) is 0 Å². The lowest BCUT2D eigenvalue weighted by Gasteiger charge is -2.35. The van der Waals surface area contributed by atoms with E-state index in [4.69, 9.17) is 0 Å². The molecule has 0 radical (unpaired) electrons. The van der Waals surface area contributed by atoms with Gasteiger partial charge in [-0.05, 0) is 38.9 Å². The highest BCUT2D eigenvalue weighted by molar-refractivity contribution is 5.99. The minimum absolute atomic E-state index is 0. The average Bonchev–Trinajstić information content (AvgIpc) is 2.96. The summed E-state index contributed by atoms with van der Waals surface area (Å²) < 4.78 is 0. The molecular weight excluding hydrogens is 332 g/mol. The first-order chi connectivity index (χ1) is 11.1. The van der Waals surface area contributed by atoms with Gasteiger partial charge in [0.25, 0.3) is 5.69 Å². The van der Waals surface area contributed by atoms with E-state index in [-0.39, 0.29) is 30.0 Å². The molecule has 0 aromatic heterocycles. The molecule has 1 N–H and O–H groups in total. The molecule has 3 rings (SSSR count). The Bertz CT molecular complexity index is 613. The first-order valence-electron chi connectivity index (χ1n) is 8.07. The quantitative estimate of drug-likeness (QED) is 0.659. The molecule has 7 nitrogen and oxygen atoms in total. The standard InChI is InChI=1S/C16H22N4O3.ClH/c1-17-12-4-3-8-18(11-12)15-7-9-19(16(15)21)13-5-2-6-14(10-13)20(22)23;/h2,5-6,10,12,15,17H,3-4,7-9,11H2,1H3;1H. The molecule has 2 saturated heterocycles. The molecule has 132 valence electrons. The number of carbonyl (C=O) groups excluding carboxylic acids is 1. The van der Waals surface area contributed by atoms with Crippen molar-refractivity contribution in [3.8, 4) is 0 Å². The van der Waals surface area contributed by atoms with Crippen LogP contribution in [0.3, 0.4) is 0 Å². The predicted molar refractivity (Wildman–Crippen MR) is 94.8 cm³/mol. The summed E-state index contributed by atoms with van der Waals surface area (Å²) in [5.41, 5.74) is 0.640. The van der Waals surface area contributed by atoms with Crippen LogP contribution in [-0.4, -0.2) is 54.5 Å². The van der Waals surface area contributed by atoms with Gasteiger partial charge in [0.05, 0.1) is 16.7 Å². The summed E-state index contributed by atoms with van der Waals surface area (Å²) in [6.45, 7) is 2.44. The molecule has 0 aliphatic carbocycles. The number of non-ortho nitro benzene ring substituents is 1. The molecule has 2 unspecified atom stereocenters. The van der Waals surface area contributed by atoms with Crippen LogP contribution in [0.4, 0.5) is 11.4 Å². The molecule has 2 aliphatic heterocycles. The van der Waals surface area contributed by atoms with Crippen LogP contribution in [0, 0.1) is 10.1 Å². The highest BCUT2D eigenvalue weighted by Gasteiger charge is 2.38. The van der Waals surface area contributed by atoms with Crippen LogP contribution in [0.2, 0.25) is 0 Å². The number of hydrogen-bond donors (Lipinski definition) is 1. The molecule has 1 aromatic rings. The highest BCUT2D eigenvalue weighted by Crippen LogP contribution is 2.28. The predicted octanol–water partition coefficient (Wildman–Crippen LogP) is 1.81. The molecular formula is C16H23ClN4O3. The van der Waals surface area contributed by atoms with Gasteiger partial charge in [-0.15, -0.1) is 12.4 Å². The summed E-state index contributed by atoms with van der Waals surface area (Å²) in [5.74, 6) is 0.0576. The number of nitro groups is 1. The SMILES string of the molecule is CNC1CCCN(C2CCN(c3cccc([N+](=O)[O-])c3)C2=O)C1.Cl. The summed E-state index contributed by atoms with van der Waals surface area (Å²) in [6.07, 6.45) is 3.01. The number of benzene rings is 1. The second-order valence-electron chi connectivity index (χ2n) is 6.19. The molecule has 8 heteroatoms. The van der Waals surface area contributed by atoms with Gasteiger partial charge in [-0.25, -0.2) is 0 Å². The summed E-state index contributed by atoms with van der Waals surface area (Å²) in [5, 5.41) is 14.2. The molecule has 1 amide bonds. The van der Waals surface area contributed by atoms with Crippen LogP contribution in [0.5, 0.6) is 0 Å². The molecule has 24 heavy (non-hydrogen) atoms. The Morgan fingerprint density at radius 1 is 1.29 bits per heavy atom. The number of halogens is 1. The number of nitrogens with one attached hydrogen (secondary N) is 1. The maximum absolute atomic E-state index is 12.8. The lowest BCUT2D eigenvalue weighted by molar-refractivity contribution is -0.384. The Morgan fingerprint density at radius 2 is 2.08 bits per heavy atom. The first kappa shape index (κ1) is 18.6. The average molecular weight is 355 g/mol. The van der Waals surface area contributed by atoms with Crippen molar-refractivity contribution in [3.05, 3.63) is 34.4 Å². The monoisotopic (exact) mass is 354 g/mol. The largest absolute Gasteiger partial charge is 0.316 e. The maximum Gasteiger partial charge on any atom is 0.271 e. The summed E-state index contributed by atoms with van der Waals surface area (Å²) in [7, 11) is 1.96. The van der Waals surface area contributed by atoms with E-state index in [1.807, 2.05) is 7.05 Å². The van der Waals surface area contributed by atoms with Gasteiger partial charge in [0.1, 0.15) is 0 Å². The molecule has 2 aliphatic rings. The molecule has 0 bridgehead atoms. The Hall–Kier alpha value is -1.70. The van der Waals surface area contributed by atoms with Gasteiger partial charge >= 0.3 is 0 Å². The van der Waals surface area contributed by atoms with Gasteiger partial charge < -0.3 is 10.2 Å². The van der Waals surface area contributed by atoms with Crippen LogP contribution in [0.25, 0.3) is 0 Å². The zero-order valence-electron chi connectivity index (χ0n) is 13.7. The second kappa shape index (κ2) is 7.92. The van der Waals surface area contributed by atoms with Gasteiger partial charge in [-0.1, -0.05) is 6.07 Å². The normalized spacial score (nSPS) is 24.7. The summed E-state index contributed by atoms with van der Waals surface area (Å²) in [6, 6.07) is 6.65. The van der Waals surface area contributed by atoms with E-state index >= 15 is 0 Å². The third kappa shape index (κ3) is 3.68. The second-order valence-corrected chi connectivity index (χ2v) is 6.19. The van der Waals surface area contributed by atoms with E-state index in [9.17, 15) is 14.9 Å². The van der Waals surface area contributed by atoms with Crippen LogP contribution < -0.4 is 10.2 Å². The van der Waals surface area contributed by atoms with Crippen LogP contribution in [0.15, 0.2) is 24.3 Å². The number of likely N-dealkylation sites (N-methyl/N-ethyl adjacent to an activating group) is 1. The van der Waals surface area contributed by atoms with E-state index in [1.165, 1.54) is 12.1 Å². The lowest BCUT2D eigenvalue weighted by atomic mass is 10.0. The maximum atomic E-state index is 12.8. The Kier molecular flexibility index (Phi) is 6.15. The van der Waals surface area contributed by atoms with Gasteiger partial charge in [0, 0.05) is 31.3 Å². The number of likely N-dealkylation sites (tertiary alicyclic amines) is 1. The van der Waals surface area contributed by atoms with Gasteiger partial charge in [0.15, 0.2) is 0 Å². The topological polar surface area (TPSA) is 78.7 Å².